The summed E-state index contributed by atoms with van der Waals surface area (Å²) >= 11 is 1.35. The summed E-state index contributed by atoms with van der Waals surface area (Å²) in [5.41, 5.74) is 0.790. The van der Waals surface area contributed by atoms with Crippen molar-refractivity contribution in [3.63, 3.8) is 0 Å². The van der Waals surface area contributed by atoms with E-state index in [0.29, 0.717) is 22.1 Å². The minimum Gasteiger partial charge on any atom is -0.497 e. The molecule has 0 bridgehead atoms. The Hall–Kier alpha value is -3.65. The van der Waals surface area contributed by atoms with Crippen molar-refractivity contribution in [3.05, 3.63) is 82.4 Å². The third-order valence-corrected chi connectivity index (χ3v) is 5.56. The normalized spacial score (nSPS) is 13.7. The van der Waals surface area contributed by atoms with Gasteiger partial charge in [0.15, 0.2) is 0 Å². The molecular formula is C23H19FN2O4S. The number of carbonyl (C=O) groups excluding carboxylic acids is 2. The van der Waals surface area contributed by atoms with Gasteiger partial charge in [0.05, 0.1) is 19.2 Å². The maximum Gasteiger partial charge on any atom is 0.278 e. The van der Waals surface area contributed by atoms with E-state index in [1.54, 1.807) is 49.6 Å². The van der Waals surface area contributed by atoms with Crippen LogP contribution in [0, 0.1) is 5.82 Å². The molecule has 2 heterocycles. The zero-order valence-electron chi connectivity index (χ0n) is 16.6. The molecular weight excluding hydrogens is 419 g/mol. The molecule has 0 atom stereocenters. The van der Waals surface area contributed by atoms with Crippen molar-refractivity contribution in [3.8, 4) is 11.5 Å². The topological polar surface area (TPSA) is 67.9 Å². The van der Waals surface area contributed by atoms with Crippen LogP contribution < -0.4 is 14.8 Å². The highest BCUT2D eigenvalue weighted by atomic mass is 32.1. The molecule has 0 saturated carbocycles. The number of benzene rings is 2. The predicted octanol–water partition coefficient (Wildman–Crippen LogP) is 4.17. The van der Waals surface area contributed by atoms with Crippen molar-refractivity contribution >= 4 is 34.4 Å². The SMILES string of the molecule is COc1ccc(OCCN2C(=O)C(Nc3cccc(F)c3)=C(c3cccs3)C2=O)cc1. The van der Waals surface area contributed by atoms with Gasteiger partial charge in [-0.3, -0.25) is 14.5 Å². The Labute approximate surface area is 182 Å². The van der Waals surface area contributed by atoms with Crippen LogP contribution >= 0.6 is 11.3 Å². The number of thiophene rings is 1. The monoisotopic (exact) mass is 438 g/mol. The van der Waals surface area contributed by atoms with Gasteiger partial charge >= 0.3 is 0 Å². The van der Waals surface area contributed by atoms with Gasteiger partial charge < -0.3 is 14.8 Å². The van der Waals surface area contributed by atoms with Gasteiger partial charge in [-0.2, -0.15) is 0 Å². The number of carbonyl (C=O) groups is 2. The maximum atomic E-state index is 13.6. The Morgan fingerprint density at radius 1 is 1.00 bits per heavy atom. The molecule has 0 spiro atoms. The van der Waals surface area contributed by atoms with Gasteiger partial charge in [0.1, 0.15) is 29.6 Å². The molecule has 0 unspecified atom stereocenters. The number of anilines is 1. The highest BCUT2D eigenvalue weighted by Crippen LogP contribution is 2.32. The fraction of sp³-hybridized carbons (Fsp3) is 0.130. The first kappa shape index (κ1) is 20.6. The lowest BCUT2D eigenvalue weighted by atomic mass is 10.2. The minimum atomic E-state index is -0.476. The van der Waals surface area contributed by atoms with Crippen LogP contribution in [0.1, 0.15) is 4.88 Å². The van der Waals surface area contributed by atoms with E-state index in [1.807, 2.05) is 5.38 Å². The molecule has 31 heavy (non-hydrogen) atoms. The molecule has 0 aliphatic carbocycles. The van der Waals surface area contributed by atoms with E-state index < -0.39 is 17.6 Å². The molecule has 0 fully saturated rings. The molecule has 1 N–H and O–H groups in total. The zero-order chi connectivity index (χ0) is 21.8. The molecule has 2 aromatic carbocycles. The van der Waals surface area contributed by atoms with Crippen molar-refractivity contribution in [1.29, 1.82) is 0 Å². The van der Waals surface area contributed by atoms with Crippen molar-refractivity contribution in [1.82, 2.24) is 4.90 Å². The first-order valence-electron chi connectivity index (χ1n) is 9.50. The Balaban J connectivity index is 1.51. The van der Waals surface area contributed by atoms with Gasteiger partial charge in [0.25, 0.3) is 11.8 Å². The Morgan fingerprint density at radius 2 is 1.77 bits per heavy atom. The van der Waals surface area contributed by atoms with Gasteiger partial charge in [-0.15, -0.1) is 11.3 Å². The summed E-state index contributed by atoms with van der Waals surface area (Å²) in [5.74, 6) is -0.0231. The van der Waals surface area contributed by atoms with E-state index in [1.165, 1.54) is 29.5 Å². The van der Waals surface area contributed by atoms with Gasteiger partial charge in [-0.05, 0) is 53.9 Å². The van der Waals surface area contributed by atoms with Gasteiger partial charge in [0, 0.05) is 10.6 Å². The Bertz CT molecular complexity index is 1130. The lowest BCUT2D eigenvalue weighted by Gasteiger charge is -2.16. The predicted molar refractivity (Wildman–Crippen MR) is 116 cm³/mol. The molecule has 1 aliphatic rings. The Kier molecular flexibility index (Phi) is 5.99. The number of methoxy groups -OCH3 is 1. The largest absolute Gasteiger partial charge is 0.497 e. The number of hydrogen-bond donors (Lipinski definition) is 1. The number of nitrogens with zero attached hydrogens (tertiary/aromatic N) is 1. The van der Waals surface area contributed by atoms with Gasteiger partial charge in [-0.1, -0.05) is 12.1 Å². The summed E-state index contributed by atoms with van der Waals surface area (Å²) in [4.78, 5) is 27.9. The molecule has 158 valence electrons. The average molecular weight is 438 g/mol. The quantitative estimate of drug-likeness (QED) is 0.535. The number of ether oxygens (including phenoxy) is 2. The van der Waals surface area contributed by atoms with Gasteiger partial charge in [-0.25, -0.2) is 4.39 Å². The van der Waals surface area contributed by atoms with E-state index in [4.69, 9.17) is 9.47 Å². The number of nitrogens with one attached hydrogen (secondary N) is 1. The second-order valence-electron chi connectivity index (χ2n) is 6.65. The van der Waals surface area contributed by atoms with Crippen LogP contribution in [0.2, 0.25) is 0 Å². The number of amides is 2. The van der Waals surface area contributed by atoms with Crippen LogP contribution in [-0.4, -0.2) is 37.0 Å². The molecule has 0 radical (unpaired) electrons. The highest BCUT2D eigenvalue weighted by molar-refractivity contribution is 7.11. The molecule has 6 nitrogen and oxygen atoms in total. The van der Waals surface area contributed by atoms with E-state index in [9.17, 15) is 14.0 Å². The second-order valence-corrected chi connectivity index (χ2v) is 7.60. The molecule has 8 heteroatoms. The van der Waals surface area contributed by atoms with Crippen LogP contribution in [0.5, 0.6) is 11.5 Å². The van der Waals surface area contributed by atoms with E-state index in [0.717, 1.165) is 4.90 Å². The third-order valence-electron chi connectivity index (χ3n) is 4.67. The standard InChI is InChI=1S/C23H19FN2O4S/c1-29-17-7-9-18(10-8-17)30-12-11-26-22(27)20(19-6-3-13-31-19)21(23(26)28)25-16-5-2-4-15(24)14-16/h2-10,13-14,25H,11-12H2,1H3. The van der Waals surface area contributed by atoms with Crippen molar-refractivity contribution < 1.29 is 23.5 Å². The fourth-order valence-corrected chi connectivity index (χ4v) is 3.95. The molecule has 4 rings (SSSR count). The fourth-order valence-electron chi connectivity index (χ4n) is 3.18. The summed E-state index contributed by atoms with van der Waals surface area (Å²) in [6, 6.07) is 16.3. The van der Waals surface area contributed by atoms with Crippen LogP contribution in [0.25, 0.3) is 5.57 Å². The highest BCUT2D eigenvalue weighted by Gasteiger charge is 2.39. The van der Waals surface area contributed by atoms with Crippen LogP contribution in [-0.2, 0) is 9.59 Å². The first-order valence-corrected chi connectivity index (χ1v) is 10.4. The summed E-state index contributed by atoms with van der Waals surface area (Å²) < 4.78 is 24.4. The van der Waals surface area contributed by atoms with Crippen molar-refractivity contribution in [2.75, 3.05) is 25.6 Å². The summed E-state index contributed by atoms with van der Waals surface area (Å²) in [6.45, 7) is 0.210. The van der Waals surface area contributed by atoms with Crippen LogP contribution in [0.4, 0.5) is 10.1 Å². The number of hydrogen-bond acceptors (Lipinski definition) is 6. The molecule has 1 aromatic heterocycles. The lowest BCUT2D eigenvalue weighted by molar-refractivity contribution is -0.137. The van der Waals surface area contributed by atoms with Crippen LogP contribution in [0.15, 0.2) is 71.7 Å². The lowest BCUT2D eigenvalue weighted by Crippen LogP contribution is -2.35. The number of rotatable bonds is 8. The van der Waals surface area contributed by atoms with Gasteiger partial charge in [0.2, 0.25) is 0 Å². The molecule has 3 aromatic rings. The van der Waals surface area contributed by atoms with E-state index in [2.05, 4.69) is 5.32 Å². The smallest absolute Gasteiger partial charge is 0.278 e. The molecule has 2 amide bonds. The third kappa shape index (κ3) is 4.44. The molecule has 1 aliphatic heterocycles. The Morgan fingerprint density at radius 3 is 2.45 bits per heavy atom. The minimum absolute atomic E-state index is 0.0763. The summed E-state index contributed by atoms with van der Waals surface area (Å²) in [7, 11) is 1.58. The van der Waals surface area contributed by atoms with E-state index >= 15 is 0 Å². The van der Waals surface area contributed by atoms with Crippen molar-refractivity contribution in [2.24, 2.45) is 0 Å². The summed E-state index contributed by atoms with van der Waals surface area (Å²) in [5, 5.41) is 4.76. The first-order chi connectivity index (χ1) is 15.1. The van der Waals surface area contributed by atoms with Crippen molar-refractivity contribution in [2.45, 2.75) is 0 Å². The second kappa shape index (κ2) is 9.01. The number of imide groups is 1. The average Bonchev–Trinajstić information content (AvgIpc) is 3.37. The summed E-state index contributed by atoms with van der Waals surface area (Å²) in [6.07, 6.45) is 0. The number of halogens is 1. The zero-order valence-corrected chi connectivity index (χ0v) is 17.4. The van der Waals surface area contributed by atoms with Crippen LogP contribution in [0.3, 0.4) is 0 Å². The molecule has 0 saturated heterocycles. The van der Waals surface area contributed by atoms with E-state index in [-0.39, 0.29) is 24.4 Å². The maximum absolute atomic E-state index is 13.6.